The zero-order chi connectivity index (χ0) is 15.5. The van der Waals surface area contributed by atoms with Gasteiger partial charge in [0, 0.05) is 25.9 Å². The molecule has 1 aromatic rings. The van der Waals surface area contributed by atoms with Crippen LogP contribution in [0.5, 0.6) is 0 Å². The maximum atomic E-state index is 11.7. The lowest BCUT2D eigenvalue weighted by molar-refractivity contribution is -0.123. The summed E-state index contributed by atoms with van der Waals surface area (Å²) in [6.45, 7) is 2.85. The predicted molar refractivity (Wildman–Crippen MR) is 80.8 cm³/mol. The fourth-order valence-corrected chi connectivity index (χ4v) is 1.82. The number of rotatable bonds is 9. The maximum Gasteiger partial charge on any atom is 0.224 e. The predicted octanol–water partition coefficient (Wildman–Crippen LogP) is 1.00. The van der Waals surface area contributed by atoms with Gasteiger partial charge in [-0.2, -0.15) is 0 Å². The third-order valence-corrected chi connectivity index (χ3v) is 3.05. The smallest absolute Gasteiger partial charge is 0.224 e. The molecule has 0 aromatic heterocycles. The average molecular weight is 290 g/mol. The molecule has 0 atom stereocenters. The molecule has 1 rings (SSSR count). The third kappa shape index (κ3) is 7.25. The van der Waals surface area contributed by atoms with Crippen LogP contribution < -0.4 is 10.6 Å². The van der Waals surface area contributed by atoms with Gasteiger partial charge >= 0.3 is 0 Å². The second-order valence-corrected chi connectivity index (χ2v) is 4.75. The Kier molecular flexibility index (Phi) is 7.79. The lowest BCUT2D eigenvalue weighted by Crippen LogP contribution is -2.35. The van der Waals surface area contributed by atoms with Gasteiger partial charge in [-0.1, -0.05) is 31.2 Å². The van der Waals surface area contributed by atoms with E-state index in [0.717, 1.165) is 12.0 Å². The summed E-state index contributed by atoms with van der Waals surface area (Å²) in [4.78, 5) is 33.0. The van der Waals surface area contributed by atoms with E-state index >= 15 is 0 Å². The van der Waals surface area contributed by atoms with Crippen LogP contribution in [0.25, 0.3) is 0 Å². The summed E-state index contributed by atoms with van der Waals surface area (Å²) in [5.41, 5.74) is 2.22. The summed E-state index contributed by atoms with van der Waals surface area (Å²) < 4.78 is 0. The van der Waals surface area contributed by atoms with Gasteiger partial charge in [-0.15, -0.1) is 0 Å². The fourth-order valence-electron chi connectivity index (χ4n) is 1.82. The van der Waals surface area contributed by atoms with Gasteiger partial charge in [-0.3, -0.25) is 9.59 Å². The highest BCUT2D eigenvalue weighted by molar-refractivity contribution is 5.79. The lowest BCUT2D eigenvalue weighted by atomic mass is 10.1. The van der Waals surface area contributed by atoms with E-state index in [-0.39, 0.29) is 24.7 Å². The number of nitrogens with one attached hydrogen (secondary N) is 2. The zero-order valence-electron chi connectivity index (χ0n) is 12.4. The molecule has 0 unspecified atom stereocenters. The van der Waals surface area contributed by atoms with Crippen LogP contribution in [-0.2, 0) is 27.2 Å². The molecule has 5 heteroatoms. The van der Waals surface area contributed by atoms with Crippen molar-refractivity contribution in [2.24, 2.45) is 0 Å². The number of amides is 2. The minimum atomic E-state index is -0.175. The van der Waals surface area contributed by atoms with Gasteiger partial charge < -0.3 is 15.4 Å². The van der Waals surface area contributed by atoms with Crippen LogP contribution in [0, 0.1) is 0 Å². The molecule has 21 heavy (non-hydrogen) atoms. The lowest BCUT2D eigenvalue weighted by Gasteiger charge is -2.07. The van der Waals surface area contributed by atoms with Crippen molar-refractivity contribution in [1.82, 2.24) is 10.6 Å². The standard InChI is InChI=1S/C16H22N2O3/c1-2-13-5-7-14(8-6-13)12-16(21)18-10-9-17-15(20)4-3-11-19/h5-8,11H,2-4,9-10,12H2,1H3,(H,17,20)(H,18,21). The van der Waals surface area contributed by atoms with E-state index in [9.17, 15) is 14.4 Å². The Labute approximate surface area is 125 Å². The summed E-state index contributed by atoms with van der Waals surface area (Å²) >= 11 is 0. The van der Waals surface area contributed by atoms with Crippen molar-refractivity contribution in [3.05, 3.63) is 35.4 Å². The van der Waals surface area contributed by atoms with Crippen molar-refractivity contribution in [1.29, 1.82) is 0 Å². The molecule has 114 valence electrons. The van der Waals surface area contributed by atoms with Crippen molar-refractivity contribution in [3.63, 3.8) is 0 Å². The van der Waals surface area contributed by atoms with Gasteiger partial charge in [0.15, 0.2) is 0 Å². The minimum Gasteiger partial charge on any atom is -0.354 e. The largest absolute Gasteiger partial charge is 0.354 e. The number of aldehydes is 1. The number of hydrogen-bond donors (Lipinski definition) is 2. The van der Waals surface area contributed by atoms with E-state index in [4.69, 9.17) is 0 Å². The van der Waals surface area contributed by atoms with Crippen LogP contribution in [0.4, 0.5) is 0 Å². The van der Waals surface area contributed by atoms with Gasteiger partial charge in [0.05, 0.1) is 6.42 Å². The maximum absolute atomic E-state index is 11.7. The molecule has 0 aliphatic carbocycles. The van der Waals surface area contributed by atoms with E-state index in [2.05, 4.69) is 17.6 Å². The van der Waals surface area contributed by atoms with E-state index < -0.39 is 0 Å². The molecule has 0 spiro atoms. The van der Waals surface area contributed by atoms with E-state index in [1.54, 1.807) is 0 Å². The van der Waals surface area contributed by atoms with Crippen LogP contribution in [0.1, 0.15) is 30.9 Å². The molecule has 5 nitrogen and oxygen atoms in total. The number of hydrogen-bond acceptors (Lipinski definition) is 3. The van der Waals surface area contributed by atoms with Crippen molar-refractivity contribution in [2.45, 2.75) is 32.6 Å². The van der Waals surface area contributed by atoms with Crippen molar-refractivity contribution in [2.75, 3.05) is 13.1 Å². The molecule has 0 saturated carbocycles. The van der Waals surface area contributed by atoms with Crippen molar-refractivity contribution < 1.29 is 14.4 Å². The van der Waals surface area contributed by atoms with Crippen LogP contribution in [0.2, 0.25) is 0 Å². The molecule has 1 aromatic carbocycles. The minimum absolute atomic E-state index is 0.0682. The first-order chi connectivity index (χ1) is 10.2. The number of carbonyl (C=O) groups excluding carboxylic acids is 3. The summed E-state index contributed by atoms with van der Waals surface area (Å²) in [5, 5.41) is 5.39. The molecule has 0 saturated heterocycles. The van der Waals surface area contributed by atoms with Gasteiger partial charge in [0.1, 0.15) is 6.29 Å². The third-order valence-electron chi connectivity index (χ3n) is 3.05. The van der Waals surface area contributed by atoms with Crippen molar-refractivity contribution in [3.8, 4) is 0 Å². The highest BCUT2D eigenvalue weighted by Crippen LogP contribution is 2.05. The molecular weight excluding hydrogens is 268 g/mol. The summed E-state index contributed by atoms with van der Waals surface area (Å²) in [5.74, 6) is -0.243. The number of aryl methyl sites for hydroxylation is 1. The molecule has 0 radical (unpaired) electrons. The number of carbonyl (C=O) groups is 3. The van der Waals surface area contributed by atoms with Crippen LogP contribution >= 0.6 is 0 Å². The second-order valence-electron chi connectivity index (χ2n) is 4.75. The zero-order valence-corrected chi connectivity index (χ0v) is 12.4. The number of benzene rings is 1. The first-order valence-corrected chi connectivity index (χ1v) is 7.20. The molecule has 0 aliphatic heterocycles. The Morgan fingerprint density at radius 2 is 1.57 bits per heavy atom. The summed E-state index contributed by atoms with van der Waals surface area (Å²) in [6, 6.07) is 7.96. The molecule has 0 heterocycles. The first kappa shape index (κ1) is 16.9. The Bertz CT molecular complexity index is 469. The molecule has 0 aliphatic rings. The van der Waals surface area contributed by atoms with Crippen LogP contribution in [-0.4, -0.2) is 31.2 Å². The topological polar surface area (TPSA) is 75.3 Å². The fraction of sp³-hybridized carbons (Fsp3) is 0.438. The van der Waals surface area contributed by atoms with Gasteiger partial charge in [-0.05, 0) is 17.5 Å². The summed E-state index contributed by atoms with van der Waals surface area (Å²) in [7, 11) is 0. The van der Waals surface area contributed by atoms with Gasteiger partial charge in [0.25, 0.3) is 0 Å². The average Bonchev–Trinajstić information content (AvgIpc) is 2.50. The molecule has 0 fully saturated rings. The summed E-state index contributed by atoms with van der Waals surface area (Å²) in [6.07, 6.45) is 2.46. The van der Waals surface area contributed by atoms with E-state index in [0.29, 0.717) is 25.8 Å². The molecule has 2 N–H and O–H groups in total. The SMILES string of the molecule is CCc1ccc(CC(=O)NCCNC(=O)CCC=O)cc1. The quantitative estimate of drug-likeness (QED) is 0.526. The van der Waals surface area contributed by atoms with Crippen molar-refractivity contribution >= 4 is 18.1 Å². The Hall–Kier alpha value is -2.17. The van der Waals surface area contributed by atoms with Crippen LogP contribution in [0.3, 0.4) is 0 Å². The van der Waals surface area contributed by atoms with E-state index in [1.807, 2.05) is 24.3 Å². The molecular formula is C16H22N2O3. The highest BCUT2D eigenvalue weighted by Gasteiger charge is 2.04. The van der Waals surface area contributed by atoms with Gasteiger partial charge in [0.2, 0.25) is 11.8 Å². The molecule has 0 bridgehead atoms. The van der Waals surface area contributed by atoms with E-state index in [1.165, 1.54) is 5.56 Å². The normalized spacial score (nSPS) is 9.95. The highest BCUT2D eigenvalue weighted by atomic mass is 16.2. The Morgan fingerprint density at radius 3 is 2.14 bits per heavy atom. The first-order valence-electron chi connectivity index (χ1n) is 7.20. The van der Waals surface area contributed by atoms with Gasteiger partial charge in [-0.25, -0.2) is 0 Å². The monoisotopic (exact) mass is 290 g/mol. The Morgan fingerprint density at radius 1 is 1.00 bits per heavy atom. The molecule has 2 amide bonds. The van der Waals surface area contributed by atoms with Crippen LogP contribution in [0.15, 0.2) is 24.3 Å². The second kappa shape index (κ2) is 9.69. The Balaban J connectivity index is 2.18.